The van der Waals surface area contributed by atoms with Gasteiger partial charge in [0.1, 0.15) is 5.84 Å². The molecule has 2 heterocycles. The normalized spacial score (nSPS) is 20.2. The molecule has 2 aromatic rings. The van der Waals surface area contributed by atoms with Gasteiger partial charge >= 0.3 is 6.03 Å². The number of nitrogens with one attached hydrogen (secondary N) is 2. The number of hydrogen-bond donors (Lipinski definition) is 2. The number of benzodiazepines with no additional fused rings is 1. The number of nitrogens with zero attached hydrogens (tertiary/aromatic N) is 3. The van der Waals surface area contributed by atoms with Crippen molar-refractivity contribution in [1.29, 1.82) is 0 Å². The molecule has 2 aliphatic rings. The average molecular weight is 434 g/mol. The van der Waals surface area contributed by atoms with Crippen molar-refractivity contribution in [2.45, 2.75) is 39.8 Å². The molecule has 168 valence electrons. The van der Waals surface area contributed by atoms with Crippen LogP contribution >= 0.6 is 0 Å². The summed E-state index contributed by atoms with van der Waals surface area (Å²) in [4.78, 5) is 34.6. The number of rotatable bonds is 2. The smallest absolute Gasteiger partial charge is 0.321 e. The number of anilines is 2. The molecule has 1 fully saturated rings. The van der Waals surface area contributed by atoms with Crippen LogP contribution in [0.1, 0.15) is 37.8 Å². The van der Waals surface area contributed by atoms with Gasteiger partial charge in [0, 0.05) is 31.4 Å². The Morgan fingerprint density at radius 3 is 2.53 bits per heavy atom. The van der Waals surface area contributed by atoms with Gasteiger partial charge in [-0.2, -0.15) is 0 Å². The van der Waals surface area contributed by atoms with Gasteiger partial charge < -0.3 is 20.4 Å². The second kappa shape index (κ2) is 8.65. The Balaban J connectivity index is 1.63. The quantitative estimate of drug-likeness (QED) is 0.752. The second-order valence-electron chi connectivity index (χ2n) is 9.39. The Kier molecular flexibility index (Phi) is 5.91. The summed E-state index contributed by atoms with van der Waals surface area (Å²) in [6.45, 7) is 8.25. The Hall–Kier alpha value is -3.35. The summed E-state index contributed by atoms with van der Waals surface area (Å²) < 4.78 is 0. The maximum Gasteiger partial charge on any atom is 0.321 e. The van der Waals surface area contributed by atoms with Crippen LogP contribution in [-0.4, -0.2) is 49.0 Å². The monoisotopic (exact) mass is 433 g/mol. The minimum absolute atomic E-state index is 0.274. The van der Waals surface area contributed by atoms with Crippen molar-refractivity contribution in [3.8, 4) is 0 Å². The van der Waals surface area contributed by atoms with Gasteiger partial charge in [0.25, 0.3) is 5.91 Å². The second-order valence-corrected chi connectivity index (χ2v) is 9.39. The fourth-order valence-corrected chi connectivity index (χ4v) is 4.19. The third-order valence-corrected chi connectivity index (χ3v) is 6.28. The number of aryl methyl sites for hydroxylation is 1. The van der Waals surface area contributed by atoms with Gasteiger partial charge in [-0.3, -0.25) is 4.79 Å². The molecule has 0 spiro atoms. The van der Waals surface area contributed by atoms with Crippen LogP contribution in [0.5, 0.6) is 0 Å². The lowest BCUT2D eigenvalue weighted by Gasteiger charge is -2.38. The van der Waals surface area contributed by atoms with Gasteiger partial charge in [0.2, 0.25) is 6.17 Å². The van der Waals surface area contributed by atoms with Crippen LogP contribution < -0.4 is 15.5 Å². The number of urea groups is 1. The van der Waals surface area contributed by atoms with Crippen LogP contribution in [0.3, 0.4) is 0 Å². The topological polar surface area (TPSA) is 77.0 Å². The standard InChI is InChI=1S/C25H31N5O2/c1-17-8-7-9-18(16-17)26-24(32)28-21-23(31)29(4)20-11-6-5-10-19(20)22(27-21)30-14-12-25(2,3)13-15-30/h5-11,16,21H,12-15H2,1-4H3,(H2,26,28,32). The van der Waals surface area contributed by atoms with E-state index in [4.69, 9.17) is 4.99 Å². The fraction of sp³-hybridized carbons (Fsp3) is 0.400. The number of amidine groups is 1. The molecule has 0 bridgehead atoms. The van der Waals surface area contributed by atoms with Crippen molar-refractivity contribution < 1.29 is 9.59 Å². The molecule has 0 aliphatic carbocycles. The molecular weight excluding hydrogens is 402 g/mol. The van der Waals surface area contributed by atoms with Crippen molar-refractivity contribution in [2.75, 3.05) is 30.4 Å². The first-order valence-electron chi connectivity index (χ1n) is 11.1. The number of amides is 3. The Bertz CT molecular complexity index is 1050. The predicted molar refractivity (Wildman–Crippen MR) is 128 cm³/mol. The van der Waals surface area contributed by atoms with E-state index < -0.39 is 12.2 Å². The van der Waals surface area contributed by atoms with E-state index in [1.165, 1.54) is 0 Å². The van der Waals surface area contributed by atoms with Gasteiger partial charge in [-0.25, -0.2) is 9.79 Å². The molecule has 2 aromatic carbocycles. The number of piperidine rings is 1. The summed E-state index contributed by atoms with van der Waals surface area (Å²) >= 11 is 0. The number of carbonyl (C=O) groups is 2. The number of carbonyl (C=O) groups excluding carboxylic acids is 2. The zero-order valence-corrected chi connectivity index (χ0v) is 19.2. The molecule has 32 heavy (non-hydrogen) atoms. The van der Waals surface area contributed by atoms with Crippen molar-refractivity contribution >= 4 is 29.1 Å². The Morgan fingerprint density at radius 1 is 1.09 bits per heavy atom. The van der Waals surface area contributed by atoms with Crippen molar-refractivity contribution in [3.05, 3.63) is 59.7 Å². The summed E-state index contributed by atoms with van der Waals surface area (Å²) in [6.07, 6.45) is 1.08. The highest BCUT2D eigenvalue weighted by Crippen LogP contribution is 2.33. The van der Waals surface area contributed by atoms with Crippen LogP contribution in [0.4, 0.5) is 16.2 Å². The number of fused-ring (bicyclic) bond motifs is 1. The number of benzene rings is 2. The van der Waals surface area contributed by atoms with E-state index >= 15 is 0 Å². The summed E-state index contributed by atoms with van der Waals surface area (Å²) in [5, 5.41) is 5.58. The lowest BCUT2D eigenvalue weighted by molar-refractivity contribution is -0.119. The van der Waals surface area contributed by atoms with Crippen LogP contribution in [-0.2, 0) is 4.79 Å². The Labute approximate surface area is 189 Å². The molecule has 7 nitrogen and oxygen atoms in total. The van der Waals surface area contributed by atoms with Crippen molar-refractivity contribution in [3.63, 3.8) is 0 Å². The summed E-state index contributed by atoms with van der Waals surface area (Å²) in [6, 6.07) is 14.8. The molecule has 7 heteroatoms. The zero-order valence-electron chi connectivity index (χ0n) is 19.2. The van der Waals surface area contributed by atoms with Crippen molar-refractivity contribution in [1.82, 2.24) is 10.2 Å². The molecule has 1 atom stereocenters. The lowest BCUT2D eigenvalue weighted by Crippen LogP contribution is -2.48. The lowest BCUT2D eigenvalue weighted by atomic mass is 9.82. The van der Waals surface area contributed by atoms with E-state index in [-0.39, 0.29) is 5.91 Å². The Morgan fingerprint density at radius 2 is 1.81 bits per heavy atom. The third kappa shape index (κ3) is 4.61. The molecule has 1 saturated heterocycles. The highest BCUT2D eigenvalue weighted by molar-refractivity contribution is 6.12. The fourth-order valence-electron chi connectivity index (χ4n) is 4.19. The highest BCUT2D eigenvalue weighted by Gasteiger charge is 2.34. The number of aliphatic imine (C=N–C) groups is 1. The SMILES string of the molecule is Cc1cccc(NC(=O)NC2N=C(N3CCC(C)(C)CC3)c3ccccc3N(C)C2=O)c1. The highest BCUT2D eigenvalue weighted by atomic mass is 16.2. The summed E-state index contributed by atoms with van der Waals surface area (Å²) in [5.41, 5.74) is 3.70. The largest absolute Gasteiger partial charge is 0.356 e. The van der Waals surface area contributed by atoms with Gasteiger partial charge in [-0.1, -0.05) is 38.1 Å². The summed E-state index contributed by atoms with van der Waals surface area (Å²) in [5.74, 6) is 0.485. The van der Waals surface area contributed by atoms with Gasteiger partial charge in [0.15, 0.2) is 0 Å². The first-order chi connectivity index (χ1) is 15.2. The number of likely N-dealkylation sites (tertiary alicyclic amines) is 1. The van der Waals surface area contributed by atoms with Crippen LogP contribution in [0, 0.1) is 12.3 Å². The molecule has 1 unspecified atom stereocenters. The van der Waals surface area contributed by atoms with Gasteiger partial charge in [0.05, 0.1) is 5.69 Å². The number of likely N-dealkylation sites (N-methyl/N-ethyl adjacent to an activating group) is 1. The molecule has 4 rings (SSSR count). The third-order valence-electron chi connectivity index (χ3n) is 6.28. The van der Waals surface area contributed by atoms with E-state index in [0.717, 1.165) is 48.6 Å². The summed E-state index contributed by atoms with van der Waals surface area (Å²) in [7, 11) is 1.73. The number of para-hydroxylation sites is 1. The molecule has 2 N–H and O–H groups in total. The van der Waals surface area contributed by atoms with Crippen LogP contribution in [0.2, 0.25) is 0 Å². The maximum atomic E-state index is 13.2. The van der Waals surface area contributed by atoms with E-state index in [1.807, 2.05) is 55.5 Å². The minimum Gasteiger partial charge on any atom is -0.356 e. The van der Waals surface area contributed by atoms with E-state index in [9.17, 15) is 9.59 Å². The van der Waals surface area contributed by atoms with Crippen LogP contribution in [0.15, 0.2) is 53.5 Å². The van der Waals surface area contributed by atoms with E-state index in [1.54, 1.807) is 11.9 Å². The first kappa shape index (κ1) is 21.9. The minimum atomic E-state index is -1.01. The molecular formula is C25H31N5O2. The first-order valence-corrected chi connectivity index (χ1v) is 11.1. The molecule has 0 saturated carbocycles. The molecule has 0 radical (unpaired) electrons. The molecule has 3 amide bonds. The number of hydrogen-bond acceptors (Lipinski definition) is 4. The van der Waals surface area contributed by atoms with Crippen molar-refractivity contribution in [2.24, 2.45) is 10.4 Å². The maximum absolute atomic E-state index is 13.2. The van der Waals surface area contributed by atoms with Gasteiger partial charge in [-0.05, 0) is 55.0 Å². The van der Waals surface area contributed by atoms with Gasteiger partial charge in [-0.15, -0.1) is 0 Å². The van der Waals surface area contributed by atoms with Crippen LogP contribution in [0.25, 0.3) is 0 Å². The molecule has 0 aromatic heterocycles. The average Bonchev–Trinajstić information content (AvgIpc) is 2.85. The van der Waals surface area contributed by atoms with E-state index in [2.05, 4.69) is 29.4 Å². The molecule has 2 aliphatic heterocycles. The van der Waals surface area contributed by atoms with E-state index in [0.29, 0.717) is 11.1 Å². The predicted octanol–water partition coefficient (Wildman–Crippen LogP) is 3.99. The zero-order chi connectivity index (χ0) is 22.9.